The Morgan fingerprint density at radius 1 is 1.60 bits per heavy atom. The van der Waals surface area contributed by atoms with Crippen LogP contribution in [0.15, 0.2) is 24.3 Å². The molecule has 0 bridgehead atoms. The highest BCUT2D eigenvalue weighted by Crippen LogP contribution is 1.99. The summed E-state index contributed by atoms with van der Waals surface area (Å²) in [6, 6.07) is 0.197. The highest BCUT2D eigenvalue weighted by atomic mass is 14.6. The molecule has 0 heterocycles. The molecule has 0 spiro atoms. The van der Waals surface area contributed by atoms with Crippen LogP contribution in [0.2, 0.25) is 0 Å². The summed E-state index contributed by atoms with van der Waals surface area (Å²) in [5.74, 6) is 0. The van der Waals surface area contributed by atoms with Crippen LogP contribution in [0.3, 0.4) is 0 Å². The van der Waals surface area contributed by atoms with Crippen LogP contribution in [0.25, 0.3) is 0 Å². The quantitative estimate of drug-likeness (QED) is 0.594. The van der Waals surface area contributed by atoms with Crippen LogP contribution in [0.1, 0.15) is 26.7 Å². The highest BCUT2D eigenvalue weighted by molar-refractivity contribution is 5.15. The maximum absolute atomic E-state index is 5.65. The average Bonchev–Trinajstić information content (AvgIpc) is 1.99. The lowest BCUT2D eigenvalue weighted by Gasteiger charge is -1.99. The number of hydrogen-bond donors (Lipinski definition) is 1. The van der Waals surface area contributed by atoms with Crippen LogP contribution in [-0.2, 0) is 0 Å². The van der Waals surface area contributed by atoms with Crippen molar-refractivity contribution in [2.75, 3.05) is 0 Å². The van der Waals surface area contributed by atoms with Gasteiger partial charge < -0.3 is 5.73 Å². The zero-order chi connectivity index (χ0) is 7.98. The van der Waals surface area contributed by atoms with Crippen LogP contribution in [0.5, 0.6) is 0 Å². The van der Waals surface area contributed by atoms with Gasteiger partial charge in [-0.2, -0.15) is 0 Å². The van der Waals surface area contributed by atoms with Gasteiger partial charge >= 0.3 is 0 Å². The predicted molar refractivity (Wildman–Crippen MR) is 46.8 cm³/mol. The van der Waals surface area contributed by atoms with Crippen molar-refractivity contribution in [2.45, 2.75) is 32.7 Å². The van der Waals surface area contributed by atoms with Gasteiger partial charge in [-0.25, -0.2) is 0 Å². The average molecular weight is 139 g/mol. The predicted octanol–water partition coefficient (Wildman–Crippen LogP) is 2.25. The van der Waals surface area contributed by atoms with E-state index in [9.17, 15) is 0 Å². The third-order valence-corrected chi connectivity index (χ3v) is 1.50. The molecule has 1 heteroatoms. The molecule has 58 valence electrons. The second-order valence-corrected chi connectivity index (χ2v) is 2.44. The summed E-state index contributed by atoms with van der Waals surface area (Å²) in [4.78, 5) is 0. The maximum atomic E-state index is 5.65. The minimum Gasteiger partial charge on any atom is -0.324 e. The molecule has 0 aliphatic heterocycles. The van der Waals surface area contributed by atoms with Gasteiger partial charge in [-0.3, -0.25) is 0 Å². The molecule has 1 nitrogen and oxygen atoms in total. The molecule has 1 unspecified atom stereocenters. The summed E-state index contributed by atoms with van der Waals surface area (Å²) in [5, 5.41) is 0. The van der Waals surface area contributed by atoms with Crippen LogP contribution < -0.4 is 5.73 Å². The van der Waals surface area contributed by atoms with Crippen molar-refractivity contribution in [2.24, 2.45) is 5.73 Å². The smallest absolute Gasteiger partial charge is 0.0224 e. The first-order valence-corrected chi connectivity index (χ1v) is 3.82. The number of rotatable bonds is 4. The molecule has 0 aromatic heterocycles. The third kappa shape index (κ3) is 4.33. The van der Waals surface area contributed by atoms with Gasteiger partial charge in [-0.15, -0.1) is 0 Å². The standard InChI is InChI=1S/C9H17N/c1-4-8(3)6-7-9(10)5-2/h6-7,9H,3-5,10H2,1-2H3/b7-6-. The molecule has 0 radical (unpaired) electrons. The zero-order valence-electron chi connectivity index (χ0n) is 6.93. The molecule has 0 aliphatic rings. The molecule has 1 atom stereocenters. The normalized spacial score (nSPS) is 13.9. The van der Waals surface area contributed by atoms with Gasteiger partial charge in [-0.05, 0) is 12.8 Å². The monoisotopic (exact) mass is 139 g/mol. The summed E-state index contributed by atoms with van der Waals surface area (Å²) in [7, 11) is 0. The van der Waals surface area contributed by atoms with Crippen molar-refractivity contribution in [3.05, 3.63) is 24.3 Å². The molecule has 0 amide bonds. The van der Waals surface area contributed by atoms with Gasteiger partial charge in [0.1, 0.15) is 0 Å². The van der Waals surface area contributed by atoms with Gasteiger partial charge in [0.25, 0.3) is 0 Å². The van der Waals surface area contributed by atoms with Crippen LogP contribution >= 0.6 is 0 Å². The summed E-state index contributed by atoms with van der Waals surface area (Å²) in [6.07, 6.45) is 6.01. The highest BCUT2D eigenvalue weighted by Gasteiger charge is 1.89. The molecular weight excluding hydrogens is 122 g/mol. The molecule has 0 saturated heterocycles. The van der Waals surface area contributed by atoms with Crippen LogP contribution in [-0.4, -0.2) is 6.04 Å². The maximum Gasteiger partial charge on any atom is 0.0224 e. The van der Waals surface area contributed by atoms with E-state index in [4.69, 9.17) is 5.73 Å². The van der Waals surface area contributed by atoms with E-state index in [1.165, 1.54) is 0 Å². The number of nitrogens with two attached hydrogens (primary N) is 1. The second-order valence-electron chi connectivity index (χ2n) is 2.44. The minimum absolute atomic E-state index is 0.197. The Hall–Kier alpha value is -0.560. The topological polar surface area (TPSA) is 26.0 Å². The van der Waals surface area contributed by atoms with Gasteiger partial charge in [0, 0.05) is 6.04 Å². The lowest BCUT2D eigenvalue weighted by Crippen LogP contribution is -2.14. The molecule has 10 heavy (non-hydrogen) atoms. The van der Waals surface area contributed by atoms with Gasteiger partial charge in [0.05, 0.1) is 0 Å². The van der Waals surface area contributed by atoms with E-state index < -0.39 is 0 Å². The van der Waals surface area contributed by atoms with Crippen molar-refractivity contribution in [1.29, 1.82) is 0 Å². The van der Waals surface area contributed by atoms with E-state index in [-0.39, 0.29) is 6.04 Å². The molecular formula is C9H17N. The fourth-order valence-corrected chi connectivity index (χ4v) is 0.514. The first-order valence-electron chi connectivity index (χ1n) is 3.82. The third-order valence-electron chi connectivity index (χ3n) is 1.50. The molecule has 0 rings (SSSR count). The molecule has 0 aromatic rings. The van der Waals surface area contributed by atoms with Gasteiger partial charge in [0.2, 0.25) is 0 Å². The zero-order valence-corrected chi connectivity index (χ0v) is 6.93. The molecule has 0 aliphatic carbocycles. The first kappa shape index (κ1) is 9.44. The van der Waals surface area contributed by atoms with Crippen molar-refractivity contribution >= 4 is 0 Å². The molecule has 0 saturated carbocycles. The first-order chi connectivity index (χ1) is 4.70. The summed E-state index contributed by atoms with van der Waals surface area (Å²) in [5.41, 5.74) is 6.79. The Labute approximate surface area is 63.6 Å². The Morgan fingerprint density at radius 3 is 2.60 bits per heavy atom. The van der Waals surface area contributed by atoms with Crippen LogP contribution in [0, 0.1) is 0 Å². The summed E-state index contributed by atoms with van der Waals surface area (Å²) < 4.78 is 0. The van der Waals surface area contributed by atoms with E-state index in [1.54, 1.807) is 0 Å². The number of hydrogen-bond acceptors (Lipinski definition) is 1. The van der Waals surface area contributed by atoms with E-state index in [2.05, 4.69) is 20.4 Å². The summed E-state index contributed by atoms with van der Waals surface area (Å²) in [6.45, 7) is 8.00. The molecule has 0 fully saturated rings. The lowest BCUT2D eigenvalue weighted by atomic mass is 10.1. The Bertz CT molecular complexity index is 125. The fourth-order valence-electron chi connectivity index (χ4n) is 0.514. The van der Waals surface area contributed by atoms with Gasteiger partial charge in [-0.1, -0.05) is 38.2 Å². The second kappa shape index (κ2) is 5.24. The van der Waals surface area contributed by atoms with Crippen molar-refractivity contribution in [3.8, 4) is 0 Å². The molecule has 2 N–H and O–H groups in total. The minimum atomic E-state index is 0.197. The Balaban J connectivity index is 3.63. The Kier molecular flexibility index (Phi) is 4.95. The van der Waals surface area contributed by atoms with E-state index in [0.717, 1.165) is 18.4 Å². The van der Waals surface area contributed by atoms with Crippen molar-refractivity contribution < 1.29 is 0 Å². The fraction of sp³-hybridized carbons (Fsp3) is 0.556. The van der Waals surface area contributed by atoms with Crippen molar-refractivity contribution in [1.82, 2.24) is 0 Å². The molecule has 0 aromatic carbocycles. The van der Waals surface area contributed by atoms with E-state index in [1.807, 2.05) is 12.2 Å². The van der Waals surface area contributed by atoms with Gasteiger partial charge in [0.15, 0.2) is 0 Å². The Morgan fingerprint density at radius 2 is 2.20 bits per heavy atom. The lowest BCUT2D eigenvalue weighted by molar-refractivity contribution is 0.781. The van der Waals surface area contributed by atoms with E-state index >= 15 is 0 Å². The summed E-state index contributed by atoms with van der Waals surface area (Å²) >= 11 is 0. The largest absolute Gasteiger partial charge is 0.324 e. The number of allylic oxidation sites excluding steroid dienone is 2. The van der Waals surface area contributed by atoms with Crippen molar-refractivity contribution in [3.63, 3.8) is 0 Å². The SMILES string of the molecule is C=C(/C=C\C(N)CC)CC. The van der Waals surface area contributed by atoms with E-state index in [0.29, 0.717) is 0 Å². The van der Waals surface area contributed by atoms with Crippen LogP contribution in [0.4, 0.5) is 0 Å².